The van der Waals surface area contributed by atoms with Crippen molar-refractivity contribution in [2.75, 3.05) is 11.9 Å². The Balaban J connectivity index is 2.27. The van der Waals surface area contributed by atoms with Crippen LogP contribution < -0.4 is 10.6 Å². The molecule has 0 radical (unpaired) electrons. The van der Waals surface area contributed by atoms with Crippen molar-refractivity contribution in [2.24, 2.45) is 0 Å². The smallest absolute Gasteiger partial charge is 0.319 e. The zero-order chi connectivity index (χ0) is 12.7. The van der Waals surface area contributed by atoms with E-state index >= 15 is 0 Å². The van der Waals surface area contributed by atoms with E-state index in [4.69, 9.17) is 5.11 Å². The molecule has 1 heterocycles. The predicted octanol–water partition coefficient (Wildman–Crippen LogP) is 1.69. The first-order valence-electron chi connectivity index (χ1n) is 5.32. The van der Waals surface area contributed by atoms with Crippen molar-refractivity contribution >= 4 is 28.3 Å². The number of nitrogens with one attached hydrogen (secondary N) is 2. The molecule has 0 spiro atoms. The number of carbonyl (C=O) groups is 2. The van der Waals surface area contributed by atoms with E-state index in [0.717, 1.165) is 17.1 Å². The van der Waals surface area contributed by atoms with Crippen LogP contribution in [0.2, 0.25) is 0 Å². The molecular weight excluding hydrogens is 242 g/mol. The third-order valence-corrected chi connectivity index (χ3v) is 2.84. The Hall–Kier alpha value is -1.63. The molecule has 6 nitrogen and oxygen atoms in total. The summed E-state index contributed by atoms with van der Waals surface area (Å²) in [4.78, 5) is 25.8. The molecule has 1 aromatic heterocycles. The van der Waals surface area contributed by atoms with Crippen molar-refractivity contribution in [1.82, 2.24) is 10.3 Å². The van der Waals surface area contributed by atoms with Gasteiger partial charge in [-0.2, -0.15) is 0 Å². The number of thiazole rings is 1. The first kappa shape index (κ1) is 13.4. The predicted molar refractivity (Wildman–Crippen MR) is 65.4 cm³/mol. The van der Waals surface area contributed by atoms with E-state index < -0.39 is 5.97 Å². The number of urea groups is 1. The normalized spacial score (nSPS) is 9.94. The van der Waals surface area contributed by atoms with Gasteiger partial charge in [0.05, 0.1) is 11.2 Å². The Morgan fingerprint density at radius 1 is 1.53 bits per heavy atom. The Morgan fingerprint density at radius 3 is 2.94 bits per heavy atom. The second kappa shape index (κ2) is 6.85. The number of anilines is 1. The SMILES string of the molecule is CCc1ncsc1NC(=O)NCCCC(=O)O. The summed E-state index contributed by atoms with van der Waals surface area (Å²) >= 11 is 1.37. The summed E-state index contributed by atoms with van der Waals surface area (Å²) in [5, 5.41) is 14.4. The maximum atomic E-state index is 11.4. The third kappa shape index (κ3) is 4.81. The van der Waals surface area contributed by atoms with Crippen LogP contribution in [0.3, 0.4) is 0 Å². The number of aryl methyl sites for hydroxylation is 1. The van der Waals surface area contributed by atoms with Gasteiger partial charge in [-0.05, 0) is 12.8 Å². The summed E-state index contributed by atoms with van der Waals surface area (Å²) in [7, 11) is 0. The van der Waals surface area contributed by atoms with Gasteiger partial charge in [0.2, 0.25) is 0 Å². The maximum absolute atomic E-state index is 11.4. The van der Waals surface area contributed by atoms with Gasteiger partial charge in [0.25, 0.3) is 0 Å². The lowest BCUT2D eigenvalue weighted by Crippen LogP contribution is -2.29. The Labute approximate surface area is 103 Å². The largest absolute Gasteiger partial charge is 0.481 e. The molecule has 94 valence electrons. The molecule has 0 aliphatic carbocycles. The number of hydrogen-bond acceptors (Lipinski definition) is 4. The van der Waals surface area contributed by atoms with Crippen molar-refractivity contribution in [2.45, 2.75) is 26.2 Å². The molecule has 17 heavy (non-hydrogen) atoms. The Kier molecular flexibility index (Phi) is 5.41. The topological polar surface area (TPSA) is 91.3 Å². The summed E-state index contributed by atoms with van der Waals surface area (Å²) < 4.78 is 0. The first-order chi connectivity index (χ1) is 8.13. The second-order valence-corrected chi connectivity index (χ2v) is 4.21. The number of carbonyl (C=O) groups excluding carboxylic acids is 1. The lowest BCUT2D eigenvalue weighted by molar-refractivity contribution is -0.137. The summed E-state index contributed by atoms with van der Waals surface area (Å²) in [5.74, 6) is -0.858. The highest BCUT2D eigenvalue weighted by molar-refractivity contribution is 7.14. The molecule has 0 unspecified atom stereocenters. The van der Waals surface area contributed by atoms with Crippen LogP contribution >= 0.6 is 11.3 Å². The second-order valence-electron chi connectivity index (χ2n) is 3.36. The third-order valence-electron chi connectivity index (χ3n) is 2.06. The number of amides is 2. The molecule has 0 aromatic carbocycles. The number of aliphatic carboxylic acids is 1. The fourth-order valence-corrected chi connectivity index (χ4v) is 1.98. The van der Waals surface area contributed by atoms with E-state index in [1.54, 1.807) is 5.51 Å². The molecular formula is C10H15N3O3S. The number of nitrogens with zero attached hydrogens (tertiary/aromatic N) is 1. The molecule has 1 aromatic rings. The molecule has 0 aliphatic rings. The van der Waals surface area contributed by atoms with Gasteiger partial charge in [-0.15, -0.1) is 11.3 Å². The highest BCUT2D eigenvalue weighted by Gasteiger charge is 2.07. The summed E-state index contributed by atoms with van der Waals surface area (Å²) in [6, 6.07) is -0.325. The van der Waals surface area contributed by atoms with Crippen LogP contribution in [-0.2, 0) is 11.2 Å². The van der Waals surface area contributed by atoms with Crippen LogP contribution in [-0.4, -0.2) is 28.6 Å². The minimum atomic E-state index is -0.858. The number of hydrogen-bond donors (Lipinski definition) is 3. The van der Waals surface area contributed by atoms with Crippen LogP contribution in [0.4, 0.5) is 9.80 Å². The average molecular weight is 257 g/mol. The van der Waals surface area contributed by atoms with E-state index in [9.17, 15) is 9.59 Å². The summed E-state index contributed by atoms with van der Waals surface area (Å²) in [5.41, 5.74) is 2.54. The standard InChI is InChI=1S/C10H15N3O3S/c1-2-7-9(17-6-12-7)13-10(16)11-5-3-4-8(14)15/h6H,2-5H2,1H3,(H,14,15)(H2,11,13,16). The van der Waals surface area contributed by atoms with Gasteiger partial charge in [0, 0.05) is 13.0 Å². The minimum Gasteiger partial charge on any atom is -0.481 e. The lowest BCUT2D eigenvalue weighted by atomic mass is 10.3. The van der Waals surface area contributed by atoms with Crippen LogP contribution in [0, 0.1) is 0 Å². The molecule has 0 fully saturated rings. The van der Waals surface area contributed by atoms with Gasteiger partial charge in [0.15, 0.2) is 0 Å². The summed E-state index contributed by atoms with van der Waals surface area (Å²) in [6.07, 6.45) is 1.24. The van der Waals surface area contributed by atoms with Crippen LogP contribution in [0.25, 0.3) is 0 Å². The van der Waals surface area contributed by atoms with Crippen molar-refractivity contribution < 1.29 is 14.7 Å². The summed E-state index contributed by atoms with van der Waals surface area (Å²) in [6.45, 7) is 2.31. The molecule has 3 N–H and O–H groups in total. The highest BCUT2D eigenvalue weighted by Crippen LogP contribution is 2.19. The van der Waals surface area contributed by atoms with Gasteiger partial charge >= 0.3 is 12.0 Å². The van der Waals surface area contributed by atoms with E-state index in [-0.39, 0.29) is 12.5 Å². The van der Waals surface area contributed by atoms with Crippen molar-refractivity contribution in [1.29, 1.82) is 0 Å². The van der Waals surface area contributed by atoms with E-state index in [1.165, 1.54) is 11.3 Å². The quantitative estimate of drug-likeness (QED) is 0.676. The fraction of sp³-hybridized carbons (Fsp3) is 0.500. The van der Waals surface area contributed by atoms with Gasteiger partial charge in [-0.1, -0.05) is 6.92 Å². The van der Waals surface area contributed by atoms with E-state index in [1.807, 2.05) is 6.92 Å². The zero-order valence-electron chi connectivity index (χ0n) is 9.52. The number of aromatic nitrogens is 1. The zero-order valence-corrected chi connectivity index (χ0v) is 10.3. The number of carboxylic acid groups (broad SMARTS) is 1. The lowest BCUT2D eigenvalue weighted by Gasteiger charge is -2.05. The van der Waals surface area contributed by atoms with Crippen LogP contribution in [0.1, 0.15) is 25.5 Å². The van der Waals surface area contributed by atoms with Gasteiger partial charge in [0.1, 0.15) is 5.00 Å². The van der Waals surface area contributed by atoms with Crippen LogP contribution in [0.5, 0.6) is 0 Å². The molecule has 7 heteroatoms. The van der Waals surface area contributed by atoms with Crippen molar-refractivity contribution in [3.05, 3.63) is 11.2 Å². The van der Waals surface area contributed by atoms with Crippen molar-refractivity contribution in [3.63, 3.8) is 0 Å². The maximum Gasteiger partial charge on any atom is 0.319 e. The molecule has 0 saturated carbocycles. The van der Waals surface area contributed by atoms with E-state index in [2.05, 4.69) is 15.6 Å². The highest BCUT2D eigenvalue weighted by atomic mass is 32.1. The number of rotatable bonds is 6. The minimum absolute atomic E-state index is 0.0566. The Morgan fingerprint density at radius 2 is 2.29 bits per heavy atom. The molecule has 2 amide bonds. The molecule has 0 bridgehead atoms. The molecule has 0 aliphatic heterocycles. The molecule has 0 saturated heterocycles. The van der Waals surface area contributed by atoms with Crippen LogP contribution in [0.15, 0.2) is 5.51 Å². The number of carboxylic acids is 1. The first-order valence-corrected chi connectivity index (χ1v) is 6.20. The average Bonchev–Trinajstić information content (AvgIpc) is 2.71. The molecule has 1 rings (SSSR count). The van der Waals surface area contributed by atoms with Gasteiger partial charge in [-0.3, -0.25) is 10.1 Å². The van der Waals surface area contributed by atoms with Gasteiger partial charge < -0.3 is 10.4 Å². The van der Waals surface area contributed by atoms with Crippen molar-refractivity contribution in [3.8, 4) is 0 Å². The Bertz CT molecular complexity index is 392. The fourth-order valence-electron chi connectivity index (χ4n) is 1.21. The van der Waals surface area contributed by atoms with Gasteiger partial charge in [-0.25, -0.2) is 9.78 Å². The molecule has 0 atom stereocenters. The van der Waals surface area contributed by atoms with E-state index in [0.29, 0.717) is 13.0 Å². The monoisotopic (exact) mass is 257 g/mol.